The van der Waals surface area contributed by atoms with Gasteiger partial charge in [0.2, 0.25) is 0 Å². The Morgan fingerprint density at radius 3 is 2.50 bits per heavy atom. The van der Waals surface area contributed by atoms with Crippen molar-refractivity contribution >= 4 is 21.5 Å². The molecule has 0 unspecified atom stereocenters. The summed E-state index contributed by atoms with van der Waals surface area (Å²) in [7, 11) is -3.86. The first kappa shape index (κ1) is 14.7. The monoisotopic (exact) mass is 332 g/mol. The standard InChI is InChI=1S/C15H12N2O3S2/c1-11-10-21-15(17-11)12-4-6-13(7-5-12)20-22(18,19)14-3-2-8-16-9-14/h2-10H,1H3. The molecule has 112 valence electrons. The highest BCUT2D eigenvalue weighted by molar-refractivity contribution is 7.87. The molecule has 0 aliphatic carbocycles. The van der Waals surface area contributed by atoms with E-state index < -0.39 is 10.1 Å². The Kier molecular flexibility index (Phi) is 3.91. The van der Waals surface area contributed by atoms with Crippen LogP contribution in [-0.2, 0) is 10.1 Å². The Balaban J connectivity index is 1.82. The third-order valence-electron chi connectivity index (χ3n) is 2.85. The van der Waals surface area contributed by atoms with Crippen LogP contribution in [0.4, 0.5) is 0 Å². The molecule has 0 aliphatic heterocycles. The van der Waals surface area contributed by atoms with Gasteiger partial charge in [0, 0.05) is 29.0 Å². The van der Waals surface area contributed by atoms with Crippen molar-refractivity contribution < 1.29 is 12.6 Å². The first-order chi connectivity index (χ1) is 10.5. The van der Waals surface area contributed by atoms with E-state index in [0.29, 0.717) is 0 Å². The van der Waals surface area contributed by atoms with Crippen molar-refractivity contribution in [2.24, 2.45) is 0 Å². The van der Waals surface area contributed by atoms with Crippen molar-refractivity contribution in [3.05, 3.63) is 59.9 Å². The maximum absolute atomic E-state index is 12.1. The maximum atomic E-state index is 12.1. The van der Waals surface area contributed by atoms with E-state index in [2.05, 4.69) is 9.97 Å². The summed E-state index contributed by atoms with van der Waals surface area (Å²) in [6.45, 7) is 1.93. The lowest BCUT2D eigenvalue weighted by Gasteiger charge is -2.06. The molecule has 0 bridgehead atoms. The smallest absolute Gasteiger partial charge is 0.340 e. The fourth-order valence-electron chi connectivity index (χ4n) is 1.81. The number of aryl methyl sites for hydroxylation is 1. The van der Waals surface area contributed by atoms with E-state index in [1.165, 1.54) is 18.5 Å². The summed E-state index contributed by atoms with van der Waals surface area (Å²) in [6.07, 6.45) is 2.76. The van der Waals surface area contributed by atoms with E-state index >= 15 is 0 Å². The quantitative estimate of drug-likeness (QED) is 0.686. The van der Waals surface area contributed by atoms with Gasteiger partial charge in [0.05, 0.1) is 0 Å². The molecule has 0 aliphatic rings. The van der Waals surface area contributed by atoms with Crippen molar-refractivity contribution in [2.45, 2.75) is 11.8 Å². The van der Waals surface area contributed by atoms with Crippen molar-refractivity contribution in [1.82, 2.24) is 9.97 Å². The third-order valence-corrected chi connectivity index (χ3v) is 5.09. The van der Waals surface area contributed by atoms with Gasteiger partial charge < -0.3 is 4.18 Å². The van der Waals surface area contributed by atoms with E-state index in [0.717, 1.165) is 16.3 Å². The highest BCUT2D eigenvalue weighted by atomic mass is 32.2. The lowest BCUT2D eigenvalue weighted by molar-refractivity contribution is 0.485. The van der Waals surface area contributed by atoms with Gasteiger partial charge in [-0.3, -0.25) is 4.98 Å². The van der Waals surface area contributed by atoms with Crippen LogP contribution >= 0.6 is 11.3 Å². The fourth-order valence-corrected chi connectivity index (χ4v) is 3.51. The first-order valence-electron chi connectivity index (χ1n) is 6.42. The Morgan fingerprint density at radius 2 is 1.91 bits per heavy atom. The highest BCUT2D eigenvalue weighted by Crippen LogP contribution is 2.26. The summed E-state index contributed by atoms with van der Waals surface area (Å²) in [5.41, 5.74) is 1.88. The molecule has 0 saturated carbocycles. The average Bonchev–Trinajstić information content (AvgIpc) is 2.95. The zero-order valence-corrected chi connectivity index (χ0v) is 13.3. The van der Waals surface area contributed by atoms with Gasteiger partial charge in [-0.05, 0) is 43.3 Å². The fraction of sp³-hybridized carbons (Fsp3) is 0.0667. The number of rotatable bonds is 4. The van der Waals surface area contributed by atoms with Gasteiger partial charge in [0.15, 0.2) is 0 Å². The molecule has 0 fully saturated rings. The number of hydrogen-bond donors (Lipinski definition) is 0. The zero-order valence-electron chi connectivity index (χ0n) is 11.6. The van der Waals surface area contributed by atoms with Crippen LogP contribution in [0.2, 0.25) is 0 Å². The zero-order chi connectivity index (χ0) is 15.6. The molecule has 0 spiro atoms. The van der Waals surface area contributed by atoms with Gasteiger partial charge in [-0.1, -0.05) is 0 Å². The molecule has 3 aromatic rings. The van der Waals surface area contributed by atoms with Crippen LogP contribution in [0.5, 0.6) is 5.75 Å². The van der Waals surface area contributed by atoms with E-state index in [-0.39, 0.29) is 10.6 Å². The van der Waals surface area contributed by atoms with E-state index in [4.69, 9.17) is 4.18 Å². The molecule has 2 aromatic heterocycles. The van der Waals surface area contributed by atoms with Gasteiger partial charge in [-0.2, -0.15) is 8.42 Å². The molecule has 0 saturated heterocycles. The molecule has 5 nitrogen and oxygen atoms in total. The number of benzene rings is 1. The van der Waals surface area contributed by atoms with Crippen LogP contribution < -0.4 is 4.18 Å². The second-order valence-electron chi connectivity index (χ2n) is 4.54. The summed E-state index contributed by atoms with van der Waals surface area (Å²) in [4.78, 5) is 8.19. The van der Waals surface area contributed by atoms with Crippen LogP contribution in [0.25, 0.3) is 10.6 Å². The minimum atomic E-state index is -3.86. The lowest BCUT2D eigenvalue weighted by atomic mass is 10.2. The molecule has 0 amide bonds. The summed E-state index contributed by atoms with van der Waals surface area (Å²) < 4.78 is 29.3. The Bertz CT molecular complexity index is 873. The number of nitrogens with zero attached hydrogens (tertiary/aromatic N) is 2. The Morgan fingerprint density at radius 1 is 1.14 bits per heavy atom. The minimum absolute atomic E-state index is 0.0228. The molecule has 3 rings (SSSR count). The molecule has 1 aromatic carbocycles. The molecule has 0 radical (unpaired) electrons. The number of hydrogen-bond acceptors (Lipinski definition) is 6. The lowest BCUT2D eigenvalue weighted by Crippen LogP contribution is -2.09. The van der Waals surface area contributed by atoms with Crippen LogP contribution in [0.3, 0.4) is 0 Å². The summed E-state index contributed by atoms with van der Waals surface area (Å²) in [5.74, 6) is 0.251. The van der Waals surface area contributed by atoms with Crippen molar-refractivity contribution in [2.75, 3.05) is 0 Å². The molecule has 2 heterocycles. The number of thiazole rings is 1. The number of pyridine rings is 1. The van der Waals surface area contributed by atoms with Crippen molar-refractivity contribution in [3.8, 4) is 16.3 Å². The molecular weight excluding hydrogens is 320 g/mol. The van der Waals surface area contributed by atoms with Gasteiger partial charge in [0.25, 0.3) is 0 Å². The largest absolute Gasteiger partial charge is 0.379 e. The van der Waals surface area contributed by atoms with Crippen LogP contribution in [0.1, 0.15) is 5.69 Å². The highest BCUT2D eigenvalue weighted by Gasteiger charge is 2.16. The topological polar surface area (TPSA) is 69.2 Å². The molecule has 0 atom stereocenters. The van der Waals surface area contributed by atoms with E-state index in [1.807, 2.05) is 12.3 Å². The van der Waals surface area contributed by atoms with Crippen molar-refractivity contribution in [3.63, 3.8) is 0 Å². The second-order valence-corrected chi connectivity index (χ2v) is 6.95. The molecule has 0 N–H and O–H groups in total. The van der Waals surface area contributed by atoms with Gasteiger partial charge in [0.1, 0.15) is 15.7 Å². The predicted octanol–water partition coefficient (Wildman–Crippen LogP) is 3.28. The van der Waals surface area contributed by atoms with E-state index in [9.17, 15) is 8.42 Å². The SMILES string of the molecule is Cc1csc(-c2ccc(OS(=O)(=O)c3cccnc3)cc2)n1. The predicted molar refractivity (Wildman–Crippen MR) is 84.3 cm³/mol. The first-order valence-corrected chi connectivity index (χ1v) is 8.70. The summed E-state index contributed by atoms with van der Waals surface area (Å²) >= 11 is 1.54. The molecular formula is C15H12N2O3S2. The Labute approximate surface area is 132 Å². The normalized spacial score (nSPS) is 11.3. The van der Waals surface area contributed by atoms with Crippen molar-refractivity contribution in [1.29, 1.82) is 0 Å². The maximum Gasteiger partial charge on any atom is 0.340 e. The molecule has 22 heavy (non-hydrogen) atoms. The molecule has 7 heteroatoms. The second kappa shape index (κ2) is 5.86. The van der Waals surface area contributed by atoms with Crippen LogP contribution in [0.15, 0.2) is 59.1 Å². The minimum Gasteiger partial charge on any atom is -0.379 e. The summed E-state index contributed by atoms with van der Waals surface area (Å²) in [5, 5.41) is 2.85. The van der Waals surface area contributed by atoms with Gasteiger partial charge >= 0.3 is 10.1 Å². The van der Waals surface area contributed by atoms with Crippen LogP contribution in [0, 0.1) is 6.92 Å². The van der Waals surface area contributed by atoms with Gasteiger partial charge in [-0.15, -0.1) is 11.3 Å². The third kappa shape index (κ3) is 3.15. The van der Waals surface area contributed by atoms with Crippen LogP contribution in [-0.4, -0.2) is 18.4 Å². The average molecular weight is 332 g/mol. The Hall–Kier alpha value is -2.25. The number of aromatic nitrogens is 2. The van der Waals surface area contributed by atoms with E-state index in [1.54, 1.807) is 41.7 Å². The summed E-state index contributed by atoms with van der Waals surface area (Å²) in [6, 6.07) is 9.78. The van der Waals surface area contributed by atoms with Gasteiger partial charge in [-0.25, -0.2) is 4.98 Å².